The van der Waals surface area contributed by atoms with Crippen molar-refractivity contribution in [3.63, 3.8) is 0 Å². The Hall–Kier alpha value is -2.11. The van der Waals surface area contributed by atoms with E-state index in [4.69, 9.17) is 5.73 Å². The summed E-state index contributed by atoms with van der Waals surface area (Å²) in [4.78, 5) is 15.7. The average molecular weight is 322 g/mol. The summed E-state index contributed by atoms with van der Waals surface area (Å²) in [5.74, 6) is -0.399. The minimum Gasteiger partial charge on any atom is -0.369 e. The summed E-state index contributed by atoms with van der Waals surface area (Å²) in [5, 5.41) is 6.33. The van der Waals surface area contributed by atoms with Crippen molar-refractivity contribution >= 4 is 11.9 Å². The third kappa shape index (κ3) is 7.63. The first-order valence-electron chi connectivity index (χ1n) is 8.05. The smallest absolute Gasteiger partial charge is 0.222 e. The fourth-order valence-electron chi connectivity index (χ4n) is 2.20. The summed E-state index contributed by atoms with van der Waals surface area (Å²) in [6.45, 7) is 3.38. The molecular weight excluding hydrogens is 295 g/mol. The summed E-state index contributed by atoms with van der Waals surface area (Å²) >= 11 is 0. The fraction of sp³-hybridized carbons (Fsp3) is 0.529. The number of primary amides is 1. The summed E-state index contributed by atoms with van der Waals surface area (Å²) in [5.41, 5.74) is 6.35. The van der Waals surface area contributed by atoms with Crippen molar-refractivity contribution in [2.24, 2.45) is 16.6 Å². The van der Waals surface area contributed by atoms with Crippen LogP contribution in [0.3, 0.4) is 0 Å². The molecule has 1 amide bonds. The van der Waals surface area contributed by atoms with Crippen LogP contribution in [-0.2, 0) is 11.2 Å². The summed E-state index contributed by atoms with van der Waals surface area (Å²) in [6, 6.07) is 6.11. The zero-order valence-corrected chi connectivity index (χ0v) is 13.9. The quantitative estimate of drug-likeness (QED) is 0.369. The van der Waals surface area contributed by atoms with Crippen molar-refractivity contribution in [2.75, 3.05) is 20.1 Å². The minimum atomic E-state index is -0.386. The van der Waals surface area contributed by atoms with Gasteiger partial charge in [0.15, 0.2) is 5.96 Å². The van der Waals surface area contributed by atoms with E-state index in [1.807, 2.05) is 0 Å². The van der Waals surface area contributed by atoms with Crippen molar-refractivity contribution in [1.29, 1.82) is 0 Å². The van der Waals surface area contributed by atoms with E-state index in [-0.39, 0.29) is 17.6 Å². The summed E-state index contributed by atoms with van der Waals surface area (Å²) in [7, 11) is 1.69. The van der Waals surface area contributed by atoms with Crippen LogP contribution in [0.2, 0.25) is 0 Å². The van der Waals surface area contributed by atoms with Crippen LogP contribution < -0.4 is 16.4 Å². The van der Waals surface area contributed by atoms with Crippen molar-refractivity contribution in [1.82, 2.24) is 10.6 Å². The van der Waals surface area contributed by atoms with Crippen LogP contribution in [0.1, 0.15) is 31.7 Å². The highest BCUT2D eigenvalue weighted by Gasteiger charge is 2.16. The Balaban J connectivity index is 2.48. The number of halogens is 1. The molecule has 5 nitrogen and oxygen atoms in total. The minimum absolute atomic E-state index is 0.292. The van der Waals surface area contributed by atoms with Gasteiger partial charge in [-0.25, -0.2) is 4.39 Å². The number of rotatable bonds is 9. The molecule has 0 bridgehead atoms. The average Bonchev–Trinajstić information content (AvgIpc) is 2.54. The Morgan fingerprint density at radius 2 is 1.96 bits per heavy atom. The first-order valence-corrected chi connectivity index (χ1v) is 8.05. The summed E-state index contributed by atoms with van der Waals surface area (Å²) in [6.07, 6.45) is 3.87. The SMILES string of the molecule is CCCCCNC(=NC)NCC(Cc1ccc(F)cc1)C(N)=O. The molecule has 0 aliphatic rings. The standard InChI is InChI=1S/C17H27FN4O/c1-3-4-5-10-21-17(20-2)22-12-14(16(19)23)11-13-6-8-15(18)9-7-13/h6-9,14H,3-5,10-12H2,1-2H3,(H2,19,23)(H2,20,21,22). The molecule has 1 aromatic carbocycles. The molecule has 0 saturated heterocycles. The zero-order chi connectivity index (χ0) is 17.1. The number of hydrogen-bond donors (Lipinski definition) is 3. The number of unbranched alkanes of at least 4 members (excludes halogenated alkanes) is 2. The molecule has 0 fully saturated rings. The van der Waals surface area contributed by atoms with Crippen LogP contribution in [0.5, 0.6) is 0 Å². The Labute approximate surface area is 137 Å². The molecule has 1 atom stereocenters. The second kappa shape index (κ2) is 10.6. The number of guanidine groups is 1. The number of nitrogens with two attached hydrogens (primary N) is 1. The first-order chi connectivity index (χ1) is 11.1. The van der Waals surface area contributed by atoms with E-state index in [0.29, 0.717) is 18.9 Å². The van der Waals surface area contributed by atoms with E-state index in [1.165, 1.54) is 18.6 Å². The van der Waals surface area contributed by atoms with Gasteiger partial charge in [0.25, 0.3) is 0 Å². The molecule has 1 aromatic rings. The molecule has 0 saturated carbocycles. The Morgan fingerprint density at radius 1 is 1.26 bits per heavy atom. The van der Waals surface area contributed by atoms with Crippen molar-refractivity contribution in [3.05, 3.63) is 35.6 Å². The highest BCUT2D eigenvalue weighted by atomic mass is 19.1. The molecule has 0 heterocycles. The van der Waals surface area contributed by atoms with Crippen LogP contribution >= 0.6 is 0 Å². The fourth-order valence-corrected chi connectivity index (χ4v) is 2.20. The molecule has 6 heteroatoms. The predicted molar refractivity (Wildman–Crippen MR) is 91.7 cm³/mol. The number of benzene rings is 1. The van der Waals surface area contributed by atoms with E-state index >= 15 is 0 Å². The van der Waals surface area contributed by atoms with E-state index in [2.05, 4.69) is 22.5 Å². The van der Waals surface area contributed by atoms with Gasteiger partial charge in [-0.05, 0) is 30.5 Å². The lowest BCUT2D eigenvalue weighted by Crippen LogP contribution is -2.43. The van der Waals surface area contributed by atoms with Crippen LogP contribution in [0.25, 0.3) is 0 Å². The molecule has 0 radical (unpaired) electrons. The van der Waals surface area contributed by atoms with Gasteiger partial charge in [-0.1, -0.05) is 31.9 Å². The number of carbonyl (C=O) groups is 1. The highest BCUT2D eigenvalue weighted by molar-refractivity contribution is 5.81. The van der Waals surface area contributed by atoms with Crippen molar-refractivity contribution in [2.45, 2.75) is 32.6 Å². The number of nitrogens with one attached hydrogen (secondary N) is 2. The van der Waals surface area contributed by atoms with Gasteiger partial charge >= 0.3 is 0 Å². The predicted octanol–water partition coefficient (Wildman–Crippen LogP) is 1.82. The number of nitrogens with zero attached hydrogens (tertiary/aromatic N) is 1. The van der Waals surface area contributed by atoms with Crippen molar-refractivity contribution < 1.29 is 9.18 Å². The Bertz CT molecular complexity index is 502. The lowest BCUT2D eigenvalue weighted by atomic mass is 9.98. The van der Waals surface area contributed by atoms with Crippen LogP contribution in [-0.4, -0.2) is 32.0 Å². The first kappa shape index (κ1) is 18.9. The number of aliphatic imine (C=N–C) groups is 1. The maximum absolute atomic E-state index is 12.9. The van der Waals surface area contributed by atoms with E-state index in [0.717, 1.165) is 24.9 Å². The number of hydrogen-bond acceptors (Lipinski definition) is 2. The van der Waals surface area contributed by atoms with Gasteiger partial charge in [-0.2, -0.15) is 0 Å². The van der Waals surface area contributed by atoms with Crippen LogP contribution in [0.4, 0.5) is 4.39 Å². The van der Waals surface area contributed by atoms with E-state index in [1.54, 1.807) is 19.2 Å². The largest absolute Gasteiger partial charge is 0.369 e. The van der Waals surface area contributed by atoms with Gasteiger partial charge in [0, 0.05) is 20.1 Å². The van der Waals surface area contributed by atoms with Gasteiger partial charge in [-0.15, -0.1) is 0 Å². The maximum Gasteiger partial charge on any atom is 0.222 e. The molecule has 1 rings (SSSR count). The van der Waals surface area contributed by atoms with Gasteiger partial charge < -0.3 is 16.4 Å². The van der Waals surface area contributed by atoms with Gasteiger partial charge in [0.1, 0.15) is 5.82 Å². The summed E-state index contributed by atoms with van der Waals surface area (Å²) < 4.78 is 12.9. The number of amides is 1. The molecule has 0 spiro atoms. The third-order valence-electron chi connectivity index (χ3n) is 3.61. The molecule has 0 aromatic heterocycles. The molecular formula is C17H27FN4O. The molecule has 4 N–H and O–H groups in total. The van der Waals surface area contributed by atoms with Gasteiger partial charge in [-0.3, -0.25) is 9.79 Å². The Morgan fingerprint density at radius 3 is 2.52 bits per heavy atom. The molecule has 0 aliphatic heterocycles. The lowest BCUT2D eigenvalue weighted by molar-refractivity contribution is -0.121. The normalized spacial score (nSPS) is 12.7. The topological polar surface area (TPSA) is 79.5 Å². The van der Waals surface area contributed by atoms with Crippen LogP contribution in [0.15, 0.2) is 29.3 Å². The van der Waals surface area contributed by atoms with Gasteiger partial charge in [0.2, 0.25) is 5.91 Å². The monoisotopic (exact) mass is 322 g/mol. The highest BCUT2D eigenvalue weighted by Crippen LogP contribution is 2.09. The Kier molecular flexibility index (Phi) is 8.72. The molecule has 0 aliphatic carbocycles. The number of carbonyl (C=O) groups excluding carboxylic acids is 1. The van der Waals surface area contributed by atoms with Crippen molar-refractivity contribution in [3.8, 4) is 0 Å². The van der Waals surface area contributed by atoms with Crippen LogP contribution in [0, 0.1) is 11.7 Å². The maximum atomic E-state index is 12.9. The van der Waals surface area contributed by atoms with E-state index < -0.39 is 0 Å². The lowest BCUT2D eigenvalue weighted by Gasteiger charge is -2.17. The third-order valence-corrected chi connectivity index (χ3v) is 3.61. The molecule has 23 heavy (non-hydrogen) atoms. The van der Waals surface area contributed by atoms with E-state index in [9.17, 15) is 9.18 Å². The second-order valence-electron chi connectivity index (χ2n) is 5.52. The van der Waals surface area contributed by atoms with Gasteiger partial charge in [0.05, 0.1) is 5.92 Å². The zero-order valence-electron chi connectivity index (χ0n) is 13.9. The second-order valence-corrected chi connectivity index (χ2v) is 5.52. The molecule has 1 unspecified atom stereocenters. The molecule has 128 valence electrons.